The number of hydrogen-bond acceptors (Lipinski definition) is 7. The molecule has 0 fully saturated rings. The third-order valence-electron chi connectivity index (χ3n) is 4.50. The van der Waals surface area contributed by atoms with Gasteiger partial charge in [-0.1, -0.05) is 18.0 Å². The number of aryl methyl sites for hydroxylation is 1. The van der Waals surface area contributed by atoms with Crippen molar-refractivity contribution in [1.29, 1.82) is 5.26 Å². The quantitative estimate of drug-likeness (QED) is 0.325. The van der Waals surface area contributed by atoms with Crippen molar-refractivity contribution in [1.82, 2.24) is 0 Å². The summed E-state index contributed by atoms with van der Waals surface area (Å²) in [5.41, 5.74) is 0.942. The van der Waals surface area contributed by atoms with Gasteiger partial charge in [-0.15, -0.1) is 11.3 Å². The van der Waals surface area contributed by atoms with E-state index >= 15 is 0 Å². The molecule has 3 rings (SSSR count). The van der Waals surface area contributed by atoms with Crippen LogP contribution in [0.4, 0.5) is 10.7 Å². The molecule has 0 aliphatic heterocycles. The van der Waals surface area contributed by atoms with Gasteiger partial charge in [0.25, 0.3) is 11.6 Å². The zero-order valence-electron chi connectivity index (χ0n) is 15.2. The van der Waals surface area contributed by atoms with E-state index in [1.54, 1.807) is 0 Å². The Bertz CT molecular complexity index is 1030. The third kappa shape index (κ3) is 4.72. The van der Waals surface area contributed by atoms with Crippen molar-refractivity contribution in [3.8, 4) is 6.07 Å². The minimum atomic E-state index is -0.948. The molecule has 8 nitrogen and oxygen atoms in total. The van der Waals surface area contributed by atoms with Gasteiger partial charge in [-0.3, -0.25) is 14.9 Å². The molecule has 0 spiro atoms. The van der Waals surface area contributed by atoms with Crippen LogP contribution in [0.3, 0.4) is 0 Å². The standard InChI is InChI=1S/C19H16ClN3O5S/c20-15-7-6-11(23(26)27)8-13(15)19(25)28-10-17(24)22-18-14(9-21)12-4-2-1-3-5-16(12)29-18/h6-8H,1-5,10H2,(H,22,24). The fourth-order valence-electron chi connectivity index (χ4n) is 3.10. The molecule has 0 saturated heterocycles. The second-order valence-corrected chi connectivity index (χ2v) is 7.94. The van der Waals surface area contributed by atoms with Gasteiger partial charge >= 0.3 is 5.97 Å². The van der Waals surface area contributed by atoms with E-state index in [4.69, 9.17) is 16.3 Å². The summed E-state index contributed by atoms with van der Waals surface area (Å²) in [6.07, 6.45) is 4.86. The molecule has 1 N–H and O–H groups in total. The number of carbonyl (C=O) groups is 2. The van der Waals surface area contributed by atoms with Crippen molar-refractivity contribution in [2.75, 3.05) is 11.9 Å². The number of nitrogens with one attached hydrogen (secondary N) is 1. The Kier molecular flexibility index (Phi) is 6.46. The number of amides is 1. The smallest absolute Gasteiger partial charge is 0.340 e. The van der Waals surface area contributed by atoms with E-state index < -0.39 is 23.4 Å². The van der Waals surface area contributed by atoms with Crippen molar-refractivity contribution < 1.29 is 19.2 Å². The number of esters is 1. The maximum absolute atomic E-state index is 12.2. The van der Waals surface area contributed by atoms with E-state index in [2.05, 4.69) is 11.4 Å². The van der Waals surface area contributed by atoms with Crippen LogP contribution >= 0.6 is 22.9 Å². The number of anilines is 1. The highest BCUT2D eigenvalue weighted by molar-refractivity contribution is 7.16. The first-order valence-corrected chi connectivity index (χ1v) is 10.1. The fraction of sp³-hybridized carbons (Fsp3) is 0.316. The van der Waals surface area contributed by atoms with E-state index in [0.717, 1.165) is 54.7 Å². The Hall–Kier alpha value is -2.96. The summed E-state index contributed by atoms with van der Waals surface area (Å²) in [6.45, 7) is -0.606. The monoisotopic (exact) mass is 433 g/mol. The van der Waals surface area contributed by atoms with Gasteiger partial charge in [0.05, 0.1) is 21.1 Å². The number of nitriles is 1. The Balaban J connectivity index is 1.67. The minimum Gasteiger partial charge on any atom is -0.452 e. The average molecular weight is 434 g/mol. The van der Waals surface area contributed by atoms with E-state index in [0.29, 0.717) is 10.6 Å². The molecule has 1 heterocycles. The molecule has 0 unspecified atom stereocenters. The van der Waals surface area contributed by atoms with Crippen molar-refractivity contribution >= 4 is 45.5 Å². The molecule has 150 valence electrons. The van der Waals surface area contributed by atoms with E-state index in [1.165, 1.54) is 17.4 Å². The predicted octanol–water partition coefficient (Wildman–Crippen LogP) is 4.25. The third-order valence-corrected chi connectivity index (χ3v) is 6.04. The highest BCUT2D eigenvalue weighted by Crippen LogP contribution is 2.37. The van der Waals surface area contributed by atoms with Crippen LogP contribution in [0.2, 0.25) is 5.02 Å². The number of nitro groups is 1. The topological polar surface area (TPSA) is 122 Å². The number of carbonyl (C=O) groups excluding carboxylic acids is 2. The Morgan fingerprint density at radius 3 is 2.79 bits per heavy atom. The molecule has 0 radical (unpaired) electrons. The first-order valence-electron chi connectivity index (χ1n) is 8.86. The number of nitrogens with zero attached hydrogens (tertiary/aromatic N) is 2. The first-order chi connectivity index (χ1) is 13.9. The normalized spacial score (nSPS) is 13.0. The molecule has 1 aromatic heterocycles. The number of halogens is 1. The average Bonchev–Trinajstić information content (AvgIpc) is 2.85. The molecule has 0 atom stereocenters. The molecule has 1 amide bonds. The van der Waals surface area contributed by atoms with Crippen molar-refractivity contribution in [2.24, 2.45) is 0 Å². The highest BCUT2D eigenvalue weighted by Gasteiger charge is 2.22. The van der Waals surface area contributed by atoms with Crippen molar-refractivity contribution in [2.45, 2.75) is 32.1 Å². The Morgan fingerprint density at radius 1 is 1.31 bits per heavy atom. The number of fused-ring (bicyclic) bond motifs is 1. The van der Waals surface area contributed by atoms with Gasteiger partial charge in [-0.05, 0) is 37.3 Å². The van der Waals surface area contributed by atoms with E-state index in [-0.39, 0.29) is 16.3 Å². The van der Waals surface area contributed by atoms with Crippen molar-refractivity contribution in [3.63, 3.8) is 0 Å². The van der Waals surface area contributed by atoms with Crippen LogP contribution < -0.4 is 5.32 Å². The van der Waals surface area contributed by atoms with Gasteiger partial charge in [0.2, 0.25) is 0 Å². The second kappa shape index (κ2) is 9.03. The molecule has 1 aliphatic carbocycles. The number of thiophene rings is 1. The summed E-state index contributed by atoms with van der Waals surface area (Å²) in [7, 11) is 0. The molecule has 1 aliphatic rings. The summed E-state index contributed by atoms with van der Waals surface area (Å²) in [4.78, 5) is 35.7. The number of ether oxygens (including phenoxy) is 1. The molecule has 29 heavy (non-hydrogen) atoms. The summed E-state index contributed by atoms with van der Waals surface area (Å²) in [5.74, 6) is -1.55. The number of hydrogen-bond donors (Lipinski definition) is 1. The fourth-order valence-corrected chi connectivity index (χ4v) is 4.55. The summed E-state index contributed by atoms with van der Waals surface area (Å²) < 4.78 is 4.94. The van der Waals surface area contributed by atoms with Crippen molar-refractivity contribution in [3.05, 3.63) is 54.9 Å². The number of benzene rings is 1. The molecule has 0 bridgehead atoms. The van der Waals surface area contributed by atoms with Crippen LogP contribution in [0.15, 0.2) is 18.2 Å². The van der Waals surface area contributed by atoms with Gasteiger partial charge < -0.3 is 10.1 Å². The molecule has 10 heteroatoms. The molecule has 2 aromatic rings. The first kappa shape index (κ1) is 20.8. The molecular formula is C19H16ClN3O5S. The van der Waals surface area contributed by atoms with Gasteiger partial charge in [-0.25, -0.2) is 4.79 Å². The lowest BCUT2D eigenvalue weighted by molar-refractivity contribution is -0.384. The van der Waals surface area contributed by atoms with Gasteiger partial charge in [0.1, 0.15) is 11.1 Å². The van der Waals surface area contributed by atoms with Crippen LogP contribution in [0.25, 0.3) is 0 Å². The second-order valence-electron chi connectivity index (χ2n) is 6.43. The van der Waals surface area contributed by atoms with E-state index in [1.807, 2.05) is 0 Å². The lowest BCUT2D eigenvalue weighted by atomic mass is 10.1. The Morgan fingerprint density at radius 2 is 2.07 bits per heavy atom. The molecular weight excluding hydrogens is 418 g/mol. The lowest BCUT2D eigenvalue weighted by Crippen LogP contribution is -2.21. The number of nitro benzene ring substituents is 1. The predicted molar refractivity (Wildman–Crippen MR) is 107 cm³/mol. The largest absolute Gasteiger partial charge is 0.452 e. The maximum Gasteiger partial charge on any atom is 0.340 e. The highest BCUT2D eigenvalue weighted by atomic mass is 35.5. The summed E-state index contributed by atoms with van der Waals surface area (Å²) in [6, 6.07) is 5.53. The molecule has 0 saturated carbocycles. The van der Waals surface area contributed by atoms with Crippen LogP contribution in [0.5, 0.6) is 0 Å². The SMILES string of the molecule is N#Cc1c(NC(=O)COC(=O)c2cc([N+](=O)[O-])ccc2Cl)sc2c1CCCCC2. The lowest BCUT2D eigenvalue weighted by Gasteiger charge is -2.07. The van der Waals surface area contributed by atoms with E-state index in [9.17, 15) is 25.0 Å². The van der Waals surface area contributed by atoms with Crippen LogP contribution in [0, 0.1) is 21.4 Å². The van der Waals surface area contributed by atoms with Crippen LogP contribution in [-0.4, -0.2) is 23.4 Å². The van der Waals surface area contributed by atoms with Gasteiger partial charge in [0, 0.05) is 17.0 Å². The summed E-state index contributed by atoms with van der Waals surface area (Å²) >= 11 is 7.27. The zero-order chi connectivity index (χ0) is 21.0. The zero-order valence-corrected chi connectivity index (χ0v) is 16.8. The number of rotatable bonds is 5. The summed E-state index contributed by atoms with van der Waals surface area (Å²) in [5, 5.41) is 23.4. The maximum atomic E-state index is 12.2. The van der Waals surface area contributed by atoms with Gasteiger partial charge in [0.15, 0.2) is 6.61 Å². The minimum absolute atomic E-state index is 0.0187. The molecule has 1 aromatic carbocycles. The number of non-ortho nitro benzene ring substituents is 1. The van der Waals surface area contributed by atoms with Crippen LogP contribution in [-0.2, 0) is 22.4 Å². The van der Waals surface area contributed by atoms with Crippen LogP contribution in [0.1, 0.15) is 45.6 Å². The van der Waals surface area contributed by atoms with Gasteiger partial charge in [-0.2, -0.15) is 5.26 Å². The Labute approximate surface area is 175 Å².